The molecule has 0 radical (unpaired) electrons. The van der Waals surface area contributed by atoms with E-state index in [1.165, 1.54) is 32.6 Å². The maximum Gasteiger partial charge on any atom is 0.302 e. The number of carbonyl (C=O) groups excluding carboxylic acids is 1. The van der Waals surface area contributed by atoms with E-state index in [1.54, 1.807) is 13.8 Å². The lowest BCUT2D eigenvalue weighted by atomic mass is 10.2. The molecule has 0 bridgehead atoms. The molecule has 0 spiro atoms. The highest BCUT2D eigenvalue weighted by Gasteiger charge is 1.81. The zero-order chi connectivity index (χ0) is 12.5. The van der Waals surface area contributed by atoms with E-state index in [4.69, 9.17) is 5.11 Å². The van der Waals surface area contributed by atoms with Crippen LogP contribution < -0.4 is 0 Å². The number of hydrogen-bond donors (Lipinski definition) is 1. The molecule has 0 saturated heterocycles. The van der Waals surface area contributed by atoms with E-state index < -0.39 is 0 Å². The zero-order valence-corrected chi connectivity index (χ0v) is 11.0. The highest BCUT2D eigenvalue weighted by Crippen LogP contribution is 1.95. The second kappa shape index (κ2) is 23.3. The Morgan fingerprint density at radius 3 is 1.47 bits per heavy atom. The van der Waals surface area contributed by atoms with Crippen molar-refractivity contribution in [3.63, 3.8) is 0 Å². The van der Waals surface area contributed by atoms with Crippen LogP contribution >= 0.6 is 0 Å². The van der Waals surface area contributed by atoms with Gasteiger partial charge in [-0.15, -0.1) is 0 Å². The van der Waals surface area contributed by atoms with Crippen LogP contribution in [0, 0.1) is 0 Å². The van der Waals surface area contributed by atoms with Crippen molar-refractivity contribution in [1.82, 2.24) is 0 Å². The summed E-state index contributed by atoms with van der Waals surface area (Å²) in [6, 6.07) is 0. The van der Waals surface area contributed by atoms with E-state index in [9.17, 15) is 4.79 Å². The van der Waals surface area contributed by atoms with Gasteiger partial charge in [-0.1, -0.05) is 39.5 Å². The van der Waals surface area contributed by atoms with Gasteiger partial charge in [0.2, 0.25) is 0 Å². The Bertz CT molecular complexity index is 99.0. The molecule has 0 aromatic carbocycles. The number of esters is 1. The van der Waals surface area contributed by atoms with E-state index in [0.29, 0.717) is 6.61 Å². The monoisotopic (exact) mass is 220 g/mol. The van der Waals surface area contributed by atoms with Crippen molar-refractivity contribution < 1.29 is 14.6 Å². The van der Waals surface area contributed by atoms with Crippen LogP contribution in [0.15, 0.2) is 0 Å². The molecule has 0 aromatic heterocycles. The van der Waals surface area contributed by atoms with Crippen molar-refractivity contribution in [3.8, 4) is 0 Å². The zero-order valence-electron chi connectivity index (χ0n) is 11.0. The molecule has 15 heavy (non-hydrogen) atoms. The molecule has 0 rings (SSSR count). The average Bonchev–Trinajstić information content (AvgIpc) is 2.16. The summed E-state index contributed by atoms with van der Waals surface area (Å²) < 4.78 is 4.40. The number of ether oxygens (including phenoxy) is 1. The van der Waals surface area contributed by atoms with Crippen LogP contribution in [0.1, 0.15) is 60.3 Å². The van der Waals surface area contributed by atoms with Crippen molar-refractivity contribution >= 4 is 5.97 Å². The number of hydrogen-bond acceptors (Lipinski definition) is 3. The van der Waals surface area contributed by atoms with E-state index in [-0.39, 0.29) is 12.6 Å². The van der Waals surface area contributed by atoms with Gasteiger partial charge in [0, 0.05) is 13.5 Å². The molecular weight excluding hydrogens is 192 g/mol. The molecular formula is C12H28O3. The first-order valence-corrected chi connectivity index (χ1v) is 5.84. The van der Waals surface area contributed by atoms with Gasteiger partial charge in [-0.3, -0.25) is 4.79 Å². The summed E-state index contributed by atoms with van der Waals surface area (Å²) in [4.78, 5) is 9.82. The van der Waals surface area contributed by atoms with Gasteiger partial charge in [0.15, 0.2) is 0 Å². The number of rotatable bonds is 4. The Labute approximate surface area is 94.8 Å². The van der Waals surface area contributed by atoms with Gasteiger partial charge in [-0.25, -0.2) is 0 Å². The summed E-state index contributed by atoms with van der Waals surface area (Å²) in [7, 11) is 0. The largest absolute Gasteiger partial charge is 0.466 e. The van der Waals surface area contributed by atoms with Crippen LogP contribution in [0.5, 0.6) is 0 Å². The van der Waals surface area contributed by atoms with E-state index >= 15 is 0 Å². The summed E-state index contributed by atoms with van der Waals surface area (Å²) in [6.07, 6.45) is 5.54. The predicted octanol–water partition coefficient (Wildman–Crippen LogP) is 3.15. The lowest BCUT2D eigenvalue weighted by molar-refractivity contribution is -0.140. The molecule has 3 heteroatoms. The van der Waals surface area contributed by atoms with Gasteiger partial charge >= 0.3 is 5.97 Å². The first-order chi connectivity index (χ1) is 7.10. The van der Waals surface area contributed by atoms with Crippen molar-refractivity contribution in [3.05, 3.63) is 0 Å². The van der Waals surface area contributed by atoms with Gasteiger partial charge in [0.25, 0.3) is 0 Å². The van der Waals surface area contributed by atoms with E-state index in [2.05, 4.69) is 18.6 Å². The number of aliphatic hydroxyl groups is 1. The first kappa shape index (κ1) is 19.9. The topological polar surface area (TPSA) is 46.5 Å². The lowest BCUT2D eigenvalue weighted by Crippen LogP contribution is -1.95. The van der Waals surface area contributed by atoms with Gasteiger partial charge < -0.3 is 9.84 Å². The third-order valence-electron chi connectivity index (χ3n) is 1.30. The second-order valence-corrected chi connectivity index (χ2v) is 2.95. The van der Waals surface area contributed by atoms with Crippen LogP contribution in [-0.2, 0) is 9.53 Å². The highest BCUT2D eigenvalue weighted by molar-refractivity contribution is 5.65. The molecule has 0 fully saturated rings. The minimum atomic E-state index is -0.211. The molecule has 0 aliphatic carbocycles. The molecule has 1 N–H and O–H groups in total. The minimum absolute atomic E-state index is 0.211. The molecule has 0 atom stereocenters. The van der Waals surface area contributed by atoms with Crippen molar-refractivity contribution in [2.45, 2.75) is 60.3 Å². The highest BCUT2D eigenvalue weighted by atomic mass is 16.5. The minimum Gasteiger partial charge on any atom is -0.466 e. The molecule has 0 aliphatic heterocycles. The Balaban J connectivity index is -0.000000153. The fraction of sp³-hybridized carbons (Fsp3) is 0.917. The van der Waals surface area contributed by atoms with Crippen LogP contribution in [0.25, 0.3) is 0 Å². The van der Waals surface area contributed by atoms with Crippen LogP contribution in [-0.4, -0.2) is 24.3 Å². The standard InChI is InChI=1S/C6H14.C4H8O2.C2H6O/c1-3-5-6-4-2;1-3-6-4(2)5;1-2-3/h3-6H2,1-2H3;3H2,1-2H3;3H,2H2,1H3. The predicted molar refractivity (Wildman–Crippen MR) is 64.9 cm³/mol. The molecule has 0 aliphatic rings. The van der Waals surface area contributed by atoms with E-state index in [0.717, 1.165) is 0 Å². The van der Waals surface area contributed by atoms with Crippen molar-refractivity contribution in [2.75, 3.05) is 13.2 Å². The quantitative estimate of drug-likeness (QED) is 0.585. The number of carbonyl (C=O) groups is 1. The van der Waals surface area contributed by atoms with Gasteiger partial charge in [0.05, 0.1) is 6.61 Å². The molecule has 0 aromatic rings. The second-order valence-electron chi connectivity index (χ2n) is 2.95. The van der Waals surface area contributed by atoms with Crippen LogP contribution in [0.3, 0.4) is 0 Å². The Kier molecular flexibility index (Phi) is 31.0. The summed E-state index contributed by atoms with van der Waals surface area (Å²) in [6.45, 7) is 10.0. The Hall–Kier alpha value is -0.570. The smallest absolute Gasteiger partial charge is 0.302 e. The normalized spacial score (nSPS) is 7.87. The fourth-order valence-corrected chi connectivity index (χ4v) is 0.703. The van der Waals surface area contributed by atoms with Crippen LogP contribution in [0.4, 0.5) is 0 Å². The van der Waals surface area contributed by atoms with Gasteiger partial charge in [-0.2, -0.15) is 0 Å². The van der Waals surface area contributed by atoms with Gasteiger partial charge in [-0.05, 0) is 13.8 Å². The number of aliphatic hydroxyl groups excluding tert-OH is 1. The first-order valence-electron chi connectivity index (χ1n) is 5.84. The summed E-state index contributed by atoms with van der Waals surface area (Å²) in [5, 5.41) is 7.57. The molecule has 94 valence electrons. The number of unbranched alkanes of at least 4 members (excludes halogenated alkanes) is 3. The maximum absolute atomic E-state index is 9.82. The summed E-state index contributed by atoms with van der Waals surface area (Å²) in [5.41, 5.74) is 0. The Morgan fingerprint density at radius 2 is 1.40 bits per heavy atom. The van der Waals surface area contributed by atoms with E-state index in [1.807, 2.05) is 0 Å². The molecule has 0 unspecified atom stereocenters. The SMILES string of the molecule is CCCCCC.CCO.CCOC(C)=O. The molecule has 0 saturated carbocycles. The van der Waals surface area contributed by atoms with Gasteiger partial charge in [0.1, 0.15) is 0 Å². The average molecular weight is 220 g/mol. The van der Waals surface area contributed by atoms with Crippen LogP contribution in [0.2, 0.25) is 0 Å². The lowest BCUT2D eigenvalue weighted by Gasteiger charge is -1.89. The third kappa shape index (κ3) is 59.5. The summed E-state index contributed by atoms with van der Waals surface area (Å²) >= 11 is 0. The fourth-order valence-electron chi connectivity index (χ4n) is 0.703. The third-order valence-corrected chi connectivity index (χ3v) is 1.30. The molecule has 0 heterocycles. The molecule has 3 nitrogen and oxygen atoms in total. The summed E-state index contributed by atoms with van der Waals surface area (Å²) in [5.74, 6) is -0.211. The maximum atomic E-state index is 9.82. The molecule has 0 amide bonds. The van der Waals surface area contributed by atoms with Crippen molar-refractivity contribution in [2.24, 2.45) is 0 Å². The van der Waals surface area contributed by atoms with Crippen molar-refractivity contribution in [1.29, 1.82) is 0 Å². The Morgan fingerprint density at radius 1 is 1.07 bits per heavy atom.